The van der Waals surface area contributed by atoms with Gasteiger partial charge < -0.3 is 4.74 Å². The normalized spacial score (nSPS) is 11.3. The second kappa shape index (κ2) is 4.51. The van der Waals surface area contributed by atoms with Gasteiger partial charge in [-0.1, -0.05) is 0 Å². The molecule has 2 nitrogen and oxygen atoms in total. The van der Waals surface area contributed by atoms with Crippen molar-refractivity contribution in [2.45, 2.75) is 13.1 Å². The predicted molar refractivity (Wildman–Crippen MR) is 48.0 cm³/mol. The highest BCUT2D eigenvalue weighted by Gasteiger charge is 2.34. The van der Waals surface area contributed by atoms with Crippen molar-refractivity contribution in [1.29, 1.82) is 0 Å². The van der Waals surface area contributed by atoms with Gasteiger partial charge in [0.25, 0.3) is 0 Å². The lowest BCUT2D eigenvalue weighted by molar-refractivity contribution is -0.138. The van der Waals surface area contributed by atoms with E-state index in [2.05, 4.69) is 4.74 Å². The molecule has 0 atom stereocenters. The molecule has 0 saturated heterocycles. The molecule has 0 saturated carbocycles. The third kappa shape index (κ3) is 2.50. The Labute approximate surface area is 88.8 Å². The van der Waals surface area contributed by atoms with Gasteiger partial charge in [-0.25, -0.2) is 4.39 Å². The van der Waals surface area contributed by atoms with E-state index in [1.807, 2.05) is 0 Å². The fourth-order valence-corrected chi connectivity index (χ4v) is 1.18. The van der Waals surface area contributed by atoms with Gasteiger partial charge in [0.1, 0.15) is 0 Å². The molecule has 0 radical (unpaired) electrons. The van der Waals surface area contributed by atoms with Crippen LogP contribution in [0.1, 0.15) is 22.8 Å². The Morgan fingerprint density at radius 2 is 2.00 bits per heavy atom. The summed E-state index contributed by atoms with van der Waals surface area (Å²) in [5.74, 6) is -1.50. The molecule has 1 aromatic carbocycles. The summed E-state index contributed by atoms with van der Waals surface area (Å²) in [6.07, 6.45) is -4.75. The number of rotatable bonds is 3. The molecule has 0 N–H and O–H groups in total. The van der Waals surface area contributed by atoms with Crippen LogP contribution in [0, 0.1) is 5.82 Å². The van der Waals surface area contributed by atoms with Crippen LogP contribution in [0.3, 0.4) is 0 Å². The number of benzene rings is 1. The standard InChI is InChI=1S/C10H8F4O2/c1-2-16-9-4-7(10(12,13)14)6(5-15)3-8(9)11/h3-5H,2H2,1H3. The summed E-state index contributed by atoms with van der Waals surface area (Å²) in [4.78, 5) is 10.4. The molecular weight excluding hydrogens is 228 g/mol. The smallest absolute Gasteiger partial charge is 0.417 e. The van der Waals surface area contributed by atoms with Crippen LogP contribution in [0.5, 0.6) is 5.75 Å². The van der Waals surface area contributed by atoms with Crippen LogP contribution in [0.15, 0.2) is 12.1 Å². The Morgan fingerprint density at radius 1 is 1.38 bits per heavy atom. The van der Waals surface area contributed by atoms with Gasteiger partial charge in [0.15, 0.2) is 17.9 Å². The highest BCUT2D eigenvalue weighted by Crippen LogP contribution is 2.35. The first-order valence-electron chi connectivity index (χ1n) is 4.38. The fourth-order valence-electron chi connectivity index (χ4n) is 1.18. The molecule has 0 fully saturated rings. The maximum atomic E-state index is 13.1. The van der Waals surface area contributed by atoms with Crippen molar-refractivity contribution in [3.05, 3.63) is 29.1 Å². The van der Waals surface area contributed by atoms with Crippen molar-refractivity contribution in [3.8, 4) is 5.75 Å². The average Bonchev–Trinajstić information content (AvgIpc) is 2.19. The topological polar surface area (TPSA) is 26.3 Å². The zero-order chi connectivity index (χ0) is 12.3. The summed E-state index contributed by atoms with van der Waals surface area (Å²) in [5.41, 5.74) is -1.94. The largest absolute Gasteiger partial charge is 0.491 e. The van der Waals surface area contributed by atoms with E-state index >= 15 is 0 Å². The predicted octanol–water partition coefficient (Wildman–Crippen LogP) is 3.06. The molecule has 0 aromatic heterocycles. The van der Waals surface area contributed by atoms with Crippen molar-refractivity contribution in [1.82, 2.24) is 0 Å². The van der Waals surface area contributed by atoms with Gasteiger partial charge in [-0.15, -0.1) is 0 Å². The first kappa shape index (κ1) is 12.5. The molecular formula is C10H8F4O2. The van der Waals surface area contributed by atoms with E-state index in [4.69, 9.17) is 0 Å². The number of hydrogen-bond donors (Lipinski definition) is 0. The van der Waals surface area contributed by atoms with Gasteiger partial charge in [-0.05, 0) is 19.1 Å². The van der Waals surface area contributed by atoms with Crippen LogP contribution >= 0.6 is 0 Å². The van der Waals surface area contributed by atoms with Gasteiger partial charge in [0, 0.05) is 5.56 Å². The van der Waals surface area contributed by atoms with Gasteiger partial charge in [-0.2, -0.15) is 13.2 Å². The van der Waals surface area contributed by atoms with Crippen LogP contribution in [0.2, 0.25) is 0 Å². The molecule has 0 unspecified atom stereocenters. The van der Waals surface area contributed by atoms with Crippen LogP contribution in [0.4, 0.5) is 17.6 Å². The molecule has 6 heteroatoms. The average molecular weight is 236 g/mol. The van der Waals surface area contributed by atoms with Crippen LogP contribution in [-0.2, 0) is 6.18 Å². The second-order valence-electron chi connectivity index (χ2n) is 2.92. The molecule has 1 aromatic rings. The minimum Gasteiger partial charge on any atom is -0.491 e. The first-order valence-corrected chi connectivity index (χ1v) is 4.38. The van der Waals surface area contributed by atoms with Gasteiger partial charge in [0.05, 0.1) is 12.2 Å². The number of aldehydes is 1. The van der Waals surface area contributed by atoms with Crippen molar-refractivity contribution in [2.24, 2.45) is 0 Å². The minimum absolute atomic E-state index is 0.0364. The van der Waals surface area contributed by atoms with Crippen molar-refractivity contribution >= 4 is 6.29 Å². The van der Waals surface area contributed by atoms with Crippen LogP contribution in [0.25, 0.3) is 0 Å². The lowest BCUT2D eigenvalue weighted by Gasteiger charge is -2.12. The molecule has 16 heavy (non-hydrogen) atoms. The molecule has 0 aliphatic heterocycles. The summed E-state index contributed by atoms with van der Waals surface area (Å²) < 4.78 is 55.2. The molecule has 0 spiro atoms. The Morgan fingerprint density at radius 3 is 2.44 bits per heavy atom. The molecule has 0 bridgehead atoms. The molecule has 0 amide bonds. The van der Waals surface area contributed by atoms with E-state index in [1.54, 1.807) is 0 Å². The monoisotopic (exact) mass is 236 g/mol. The van der Waals surface area contributed by atoms with Crippen LogP contribution < -0.4 is 4.74 Å². The van der Waals surface area contributed by atoms with Crippen LogP contribution in [-0.4, -0.2) is 12.9 Å². The van der Waals surface area contributed by atoms with E-state index in [9.17, 15) is 22.4 Å². The molecule has 0 heterocycles. The lowest BCUT2D eigenvalue weighted by atomic mass is 10.1. The second-order valence-corrected chi connectivity index (χ2v) is 2.92. The zero-order valence-electron chi connectivity index (χ0n) is 8.27. The summed E-state index contributed by atoms with van der Waals surface area (Å²) >= 11 is 0. The number of carbonyl (C=O) groups excluding carboxylic acids is 1. The van der Waals surface area contributed by atoms with Gasteiger partial charge >= 0.3 is 6.18 Å². The van der Waals surface area contributed by atoms with E-state index in [0.717, 1.165) is 0 Å². The maximum absolute atomic E-state index is 13.1. The highest BCUT2D eigenvalue weighted by atomic mass is 19.4. The van der Waals surface area contributed by atoms with Crippen molar-refractivity contribution in [3.63, 3.8) is 0 Å². The number of halogens is 4. The number of hydrogen-bond acceptors (Lipinski definition) is 2. The molecule has 1 rings (SSSR count). The third-order valence-corrected chi connectivity index (χ3v) is 1.84. The molecule has 0 aliphatic rings. The fraction of sp³-hybridized carbons (Fsp3) is 0.300. The SMILES string of the molecule is CCOc1cc(C(F)(F)F)c(C=O)cc1F. The van der Waals surface area contributed by atoms with Gasteiger partial charge in [-0.3, -0.25) is 4.79 Å². The quantitative estimate of drug-likeness (QED) is 0.595. The highest BCUT2D eigenvalue weighted by molar-refractivity contribution is 5.78. The van der Waals surface area contributed by atoms with E-state index in [1.165, 1.54) is 6.92 Å². The van der Waals surface area contributed by atoms with E-state index in [-0.39, 0.29) is 12.9 Å². The Balaban J connectivity index is 3.34. The lowest BCUT2D eigenvalue weighted by Crippen LogP contribution is -2.10. The number of ether oxygens (including phenoxy) is 1. The maximum Gasteiger partial charge on any atom is 0.417 e. The van der Waals surface area contributed by atoms with E-state index < -0.39 is 28.9 Å². The summed E-state index contributed by atoms with van der Waals surface area (Å²) in [5, 5.41) is 0. The molecule has 88 valence electrons. The third-order valence-electron chi connectivity index (χ3n) is 1.84. The number of carbonyl (C=O) groups is 1. The van der Waals surface area contributed by atoms with E-state index in [0.29, 0.717) is 12.1 Å². The zero-order valence-corrected chi connectivity index (χ0v) is 8.27. The first-order chi connectivity index (χ1) is 7.40. The summed E-state index contributed by atoms with van der Waals surface area (Å²) in [6.45, 7) is 1.55. The van der Waals surface area contributed by atoms with Gasteiger partial charge in [0.2, 0.25) is 0 Å². The van der Waals surface area contributed by atoms with Crippen molar-refractivity contribution < 1.29 is 27.1 Å². The Hall–Kier alpha value is -1.59. The van der Waals surface area contributed by atoms with Crippen molar-refractivity contribution in [2.75, 3.05) is 6.61 Å². The minimum atomic E-state index is -4.71. The summed E-state index contributed by atoms with van der Waals surface area (Å²) in [6, 6.07) is 1.00. The number of alkyl halides is 3. The molecule has 0 aliphatic carbocycles. The Bertz CT molecular complexity index is 399. The Kier molecular flexibility index (Phi) is 3.51. The summed E-state index contributed by atoms with van der Waals surface area (Å²) in [7, 11) is 0.